The maximum Gasteiger partial charge on any atom is 0.0296 e. The third kappa shape index (κ3) is 5.09. The average molecular weight is 183 g/mol. The minimum Gasteiger partial charge on any atom is -0.303 e. The second-order valence-electron chi connectivity index (χ2n) is 5.14. The van der Waals surface area contributed by atoms with Crippen molar-refractivity contribution in [1.82, 2.24) is 4.90 Å². The lowest BCUT2D eigenvalue weighted by Gasteiger charge is -2.26. The molecule has 0 aromatic heterocycles. The lowest BCUT2D eigenvalue weighted by atomic mass is 9.91. The lowest BCUT2D eigenvalue weighted by Crippen LogP contribution is -2.28. The van der Waals surface area contributed by atoms with E-state index in [-0.39, 0.29) is 0 Å². The maximum absolute atomic E-state index is 2.38. The van der Waals surface area contributed by atoms with Gasteiger partial charge in [0.1, 0.15) is 0 Å². The molecule has 0 spiro atoms. The Balaban J connectivity index is 4.55. The molecule has 0 aliphatic rings. The topological polar surface area (TPSA) is 3.24 Å². The second kappa shape index (κ2) is 4.80. The zero-order valence-corrected chi connectivity index (χ0v) is 10.3. The molecule has 0 unspecified atom stereocenters. The average Bonchev–Trinajstić information content (AvgIpc) is 1.82. The molecule has 0 heterocycles. The van der Waals surface area contributed by atoms with E-state index in [4.69, 9.17) is 0 Å². The van der Waals surface area contributed by atoms with Gasteiger partial charge in [0.25, 0.3) is 0 Å². The van der Waals surface area contributed by atoms with E-state index in [0.717, 1.165) is 0 Å². The Hall–Kier alpha value is -0.300. The summed E-state index contributed by atoms with van der Waals surface area (Å²) in [4.78, 5) is 2.29. The van der Waals surface area contributed by atoms with Gasteiger partial charge in [-0.05, 0) is 32.9 Å². The summed E-state index contributed by atoms with van der Waals surface area (Å²) in [7, 11) is 4.29. The van der Waals surface area contributed by atoms with Gasteiger partial charge in [0.2, 0.25) is 0 Å². The molecule has 0 radical (unpaired) electrons. The van der Waals surface area contributed by atoms with Gasteiger partial charge in [-0.15, -0.1) is 0 Å². The van der Waals surface area contributed by atoms with Gasteiger partial charge in [-0.25, -0.2) is 0 Å². The molecule has 0 aromatic rings. The van der Waals surface area contributed by atoms with Crippen LogP contribution in [0.3, 0.4) is 0 Å². The second-order valence-corrected chi connectivity index (χ2v) is 5.14. The zero-order valence-electron chi connectivity index (χ0n) is 10.3. The fourth-order valence-corrected chi connectivity index (χ4v) is 1.87. The van der Waals surface area contributed by atoms with Crippen molar-refractivity contribution in [2.75, 3.05) is 14.1 Å². The van der Waals surface area contributed by atoms with Crippen LogP contribution in [-0.2, 0) is 0 Å². The molecule has 0 saturated heterocycles. The highest BCUT2D eigenvalue weighted by Crippen LogP contribution is 2.21. The molecule has 0 N–H and O–H groups in total. The van der Waals surface area contributed by atoms with Crippen molar-refractivity contribution in [3.8, 4) is 0 Å². The van der Waals surface area contributed by atoms with Crippen LogP contribution < -0.4 is 0 Å². The van der Waals surface area contributed by atoms with Gasteiger partial charge in [-0.3, -0.25) is 0 Å². The van der Waals surface area contributed by atoms with Crippen molar-refractivity contribution >= 4 is 0 Å². The minimum atomic E-state index is 0.299. The Labute approximate surface area is 83.8 Å². The third-order valence-corrected chi connectivity index (χ3v) is 2.20. The normalized spacial score (nSPS) is 16.5. The lowest BCUT2D eigenvalue weighted by molar-refractivity contribution is 0.319. The predicted molar refractivity (Wildman–Crippen MR) is 61.0 cm³/mol. The number of hydrogen-bond donors (Lipinski definition) is 0. The van der Waals surface area contributed by atoms with Crippen molar-refractivity contribution in [3.05, 3.63) is 11.6 Å². The van der Waals surface area contributed by atoms with E-state index in [1.165, 1.54) is 12.0 Å². The Morgan fingerprint density at radius 3 is 2.00 bits per heavy atom. The van der Waals surface area contributed by atoms with Crippen molar-refractivity contribution < 1.29 is 0 Å². The molecule has 0 rings (SSSR count). The van der Waals surface area contributed by atoms with Gasteiger partial charge < -0.3 is 4.90 Å². The van der Waals surface area contributed by atoms with Gasteiger partial charge in [-0.2, -0.15) is 0 Å². The van der Waals surface area contributed by atoms with Crippen LogP contribution in [0.5, 0.6) is 0 Å². The number of rotatable bonds is 3. The first-order valence-corrected chi connectivity index (χ1v) is 5.13. The summed E-state index contributed by atoms with van der Waals surface area (Å²) < 4.78 is 0. The first-order chi connectivity index (χ1) is 5.78. The van der Waals surface area contributed by atoms with E-state index in [1.54, 1.807) is 0 Å². The highest BCUT2D eigenvalue weighted by Gasteiger charge is 2.14. The number of nitrogens with zero attached hydrogens (tertiary/aromatic N) is 1. The predicted octanol–water partition coefficient (Wildman–Crippen LogP) is 3.32. The Bertz CT molecular complexity index is 172. The zero-order chi connectivity index (χ0) is 10.6. The van der Waals surface area contributed by atoms with Gasteiger partial charge in [0.05, 0.1) is 0 Å². The van der Waals surface area contributed by atoms with Crippen molar-refractivity contribution in [2.45, 2.75) is 47.1 Å². The summed E-state index contributed by atoms with van der Waals surface area (Å²) >= 11 is 0. The summed E-state index contributed by atoms with van der Waals surface area (Å²) in [6.07, 6.45) is 3.56. The van der Waals surface area contributed by atoms with E-state index >= 15 is 0 Å². The third-order valence-electron chi connectivity index (χ3n) is 2.20. The molecule has 0 saturated carbocycles. The molecule has 0 aromatic carbocycles. The summed E-state index contributed by atoms with van der Waals surface area (Å²) in [6, 6.07) is 0.597. The number of likely N-dealkylation sites (N-methyl/N-ethyl adjacent to an activating group) is 1. The molecule has 0 fully saturated rings. The molecule has 0 aliphatic carbocycles. The van der Waals surface area contributed by atoms with Crippen molar-refractivity contribution in [2.24, 2.45) is 5.41 Å². The quantitative estimate of drug-likeness (QED) is 0.607. The summed E-state index contributed by atoms with van der Waals surface area (Å²) in [5.41, 5.74) is 1.79. The first kappa shape index (κ1) is 12.7. The van der Waals surface area contributed by atoms with Crippen molar-refractivity contribution in [3.63, 3.8) is 0 Å². The van der Waals surface area contributed by atoms with E-state index < -0.39 is 0 Å². The van der Waals surface area contributed by atoms with E-state index in [0.29, 0.717) is 11.5 Å². The molecule has 1 heteroatoms. The molecular formula is C12H25N. The molecule has 1 atom stereocenters. The van der Waals surface area contributed by atoms with Gasteiger partial charge in [0, 0.05) is 6.04 Å². The molecule has 1 nitrogen and oxygen atoms in total. The van der Waals surface area contributed by atoms with E-state index in [9.17, 15) is 0 Å². The highest BCUT2D eigenvalue weighted by molar-refractivity contribution is 5.11. The monoisotopic (exact) mass is 183 g/mol. The Morgan fingerprint density at radius 1 is 1.31 bits per heavy atom. The Morgan fingerprint density at radius 2 is 1.77 bits per heavy atom. The van der Waals surface area contributed by atoms with Crippen LogP contribution in [0.4, 0.5) is 0 Å². The van der Waals surface area contributed by atoms with Crippen LogP contribution in [0, 0.1) is 5.41 Å². The van der Waals surface area contributed by atoms with Gasteiger partial charge >= 0.3 is 0 Å². The van der Waals surface area contributed by atoms with Crippen LogP contribution >= 0.6 is 0 Å². The standard InChI is InChI=1S/C12H25N/c1-8-11(13(6)7)10(2)9-12(3,4)5/h9,11H,8H2,1-7H3/b10-9-/t11-/m1/s1. The van der Waals surface area contributed by atoms with Crippen LogP contribution in [0.1, 0.15) is 41.0 Å². The summed E-state index contributed by atoms with van der Waals surface area (Å²) in [5, 5.41) is 0. The summed E-state index contributed by atoms with van der Waals surface area (Å²) in [6.45, 7) is 11.2. The van der Waals surface area contributed by atoms with Gasteiger partial charge in [0.15, 0.2) is 0 Å². The molecule has 0 amide bonds. The molecule has 78 valence electrons. The molecule has 0 aliphatic heterocycles. The number of hydrogen-bond acceptors (Lipinski definition) is 1. The minimum absolute atomic E-state index is 0.299. The summed E-state index contributed by atoms with van der Waals surface area (Å²) in [5.74, 6) is 0. The highest BCUT2D eigenvalue weighted by atomic mass is 15.1. The van der Waals surface area contributed by atoms with Crippen LogP contribution in [0.25, 0.3) is 0 Å². The molecule has 13 heavy (non-hydrogen) atoms. The SMILES string of the molecule is CC[C@H](/C(C)=C\C(C)(C)C)N(C)C. The van der Waals surface area contributed by atoms with E-state index in [2.05, 4.69) is 59.7 Å². The first-order valence-electron chi connectivity index (χ1n) is 5.13. The van der Waals surface area contributed by atoms with Crippen molar-refractivity contribution in [1.29, 1.82) is 0 Å². The molecule has 0 bridgehead atoms. The van der Waals surface area contributed by atoms with Gasteiger partial charge in [-0.1, -0.05) is 39.3 Å². The van der Waals surface area contributed by atoms with E-state index in [1.807, 2.05) is 0 Å². The Kier molecular flexibility index (Phi) is 4.69. The number of allylic oxidation sites excluding steroid dienone is 1. The maximum atomic E-state index is 2.38. The largest absolute Gasteiger partial charge is 0.303 e. The molecular weight excluding hydrogens is 158 g/mol. The smallest absolute Gasteiger partial charge is 0.0296 e. The van der Waals surface area contributed by atoms with Crippen LogP contribution in [0.2, 0.25) is 0 Å². The fourth-order valence-electron chi connectivity index (χ4n) is 1.87. The van der Waals surface area contributed by atoms with Crippen LogP contribution in [0.15, 0.2) is 11.6 Å². The fraction of sp³-hybridized carbons (Fsp3) is 0.833. The van der Waals surface area contributed by atoms with Crippen LogP contribution in [-0.4, -0.2) is 25.0 Å².